The lowest BCUT2D eigenvalue weighted by Gasteiger charge is -2.10. The van der Waals surface area contributed by atoms with Crippen molar-refractivity contribution < 1.29 is 14.3 Å². The van der Waals surface area contributed by atoms with Crippen LogP contribution in [0.3, 0.4) is 0 Å². The molecule has 7 heteroatoms. The molecule has 1 aliphatic carbocycles. The van der Waals surface area contributed by atoms with Crippen LogP contribution >= 0.6 is 11.3 Å². The molecule has 0 saturated heterocycles. The number of aromatic carboxylic acids is 1. The van der Waals surface area contributed by atoms with Crippen LogP contribution in [0.1, 0.15) is 39.6 Å². The van der Waals surface area contributed by atoms with Crippen LogP contribution in [0.4, 0.5) is 0 Å². The first-order valence-corrected chi connectivity index (χ1v) is 8.27. The van der Waals surface area contributed by atoms with Gasteiger partial charge in [-0.15, -0.1) is 11.3 Å². The van der Waals surface area contributed by atoms with Crippen LogP contribution in [-0.4, -0.2) is 20.6 Å². The second-order valence-electron chi connectivity index (χ2n) is 5.64. The van der Waals surface area contributed by atoms with Gasteiger partial charge in [0, 0.05) is 4.88 Å². The molecule has 0 amide bonds. The van der Waals surface area contributed by atoms with E-state index in [1.807, 2.05) is 0 Å². The fraction of sp³-hybridized carbons (Fsp3) is 0.312. The van der Waals surface area contributed by atoms with E-state index in [1.165, 1.54) is 28.3 Å². The van der Waals surface area contributed by atoms with Crippen LogP contribution in [0.5, 0.6) is 0 Å². The van der Waals surface area contributed by atoms with E-state index < -0.39 is 5.97 Å². The van der Waals surface area contributed by atoms with Crippen LogP contribution in [0.25, 0.3) is 10.2 Å². The van der Waals surface area contributed by atoms with E-state index in [1.54, 1.807) is 17.4 Å². The Morgan fingerprint density at radius 1 is 1.35 bits per heavy atom. The molecule has 0 aromatic carbocycles. The first kappa shape index (κ1) is 14.2. The molecular weight excluding hydrogens is 316 g/mol. The number of hydrogen-bond acceptors (Lipinski definition) is 5. The fourth-order valence-corrected chi connectivity index (χ4v) is 4.26. The van der Waals surface area contributed by atoms with Gasteiger partial charge < -0.3 is 9.52 Å². The lowest BCUT2D eigenvalue weighted by Crippen LogP contribution is -2.21. The molecule has 0 radical (unpaired) electrons. The second kappa shape index (κ2) is 5.34. The highest BCUT2D eigenvalue weighted by Crippen LogP contribution is 2.33. The van der Waals surface area contributed by atoms with Crippen molar-refractivity contribution in [1.82, 2.24) is 9.55 Å². The molecule has 118 valence electrons. The molecule has 4 rings (SSSR count). The van der Waals surface area contributed by atoms with E-state index in [4.69, 9.17) is 9.52 Å². The Kier molecular flexibility index (Phi) is 3.30. The van der Waals surface area contributed by atoms with Crippen molar-refractivity contribution in [2.75, 3.05) is 0 Å². The van der Waals surface area contributed by atoms with Gasteiger partial charge in [-0.25, -0.2) is 9.78 Å². The molecule has 3 aromatic heterocycles. The van der Waals surface area contributed by atoms with E-state index in [0.29, 0.717) is 5.76 Å². The van der Waals surface area contributed by atoms with Gasteiger partial charge in [0.05, 0.1) is 18.3 Å². The summed E-state index contributed by atoms with van der Waals surface area (Å²) in [7, 11) is 0. The third kappa shape index (κ3) is 2.37. The Hall–Kier alpha value is -2.41. The van der Waals surface area contributed by atoms with Gasteiger partial charge in [0.2, 0.25) is 5.76 Å². The SMILES string of the molecule is O=C(O)c1ccc(Cn2cnc3sc4c(c3c2=O)CCCC4)o1. The number of carboxylic acids is 1. The van der Waals surface area contributed by atoms with Crippen molar-refractivity contribution in [3.8, 4) is 0 Å². The lowest BCUT2D eigenvalue weighted by molar-refractivity contribution is 0.0660. The van der Waals surface area contributed by atoms with Gasteiger partial charge in [0.15, 0.2) is 0 Å². The number of carbonyl (C=O) groups is 1. The van der Waals surface area contributed by atoms with Crippen molar-refractivity contribution in [2.45, 2.75) is 32.2 Å². The number of hydrogen-bond donors (Lipinski definition) is 1. The second-order valence-corrected chi connectivity index (χ2v) is 6.72. The molecule has 0 aliphatic heterocycles. The topological polar surface area (TPSA) is 85.3 Å². The van der Waals surface area contributed by atoms with Gasteiger partial charge >= 0.3 is 5.97 Å². The quantitative estimate of drug-likeness (QED) is 0.798. The van der Waals surface area contributed by atoms with E-state index in [-0.39, 0.29) is 17.9 Å². The van der Waals surface area contributed by atoms with Crippen LogP contribution in [0.2, 0.25) is 0 Å². The summed E-state index contributed by atoms with van der Waals surface area (Å²) in [5.41, 5.74) is 1.07. The van der Waals surface area contributed by atoms with Crippen molar-refractivity contribution in [1.29, 1.82) is 0 Å². The van der Waals surface area contributed by atoms with Gasteiger partial charge in [-0.05, 0) is 43.4 Å². The number of nitrogens with zero attached hydrogens (tertiary/aromatic N) is 2. The summed E-state index contributed by atoms with van der Waals surface area (Å²) in [5, 5.41) is 9.61. The summed E-state index contributed by atoms with van der Waals surface area (Å²) in [4.78, 5) is 30.1. The van der Waals surface area contributed by atoms with E-state index in [0.717, 1.165) is 35.0 Å². The number of rotatable bonds is 3. The smallest absolute Gasteiger partial charge is 0.371 e. The predicted molar refractivity (Wildman–Crippen MR) is 85.3 cm³/mol. The molecule has 1 aliphatic rings. The molecule has 6 nitrogen and oxygen atoms in total. The Labute approximate surface area is 135 Å². The minimum Gasteiger partial charge on any atom is -0.475 e. The van der Waals surface area contributed by atoms with Gasteiger partial charge in [-0.2, -0.15) is 0 Å². The van der Waals surface area contributed by atoms with E-state index in [9.17, 15) is 9.59 Å². The van der Waals surface area contributed by atoms with Gasteiger partial charge in [0.1, 0.15) is 10.6 Å². The maximum Gasteiger partial charge on any atom is 0.371 e. The molecule has 0 fully saturated rings. The highest BCUT2D eigenvalue weighted by molar-refractivity contribution is 7.18. The number of aryl methyl sites for hydroxylation is 2. The van der Waals surface area contributed by atoms with Crippen molar-refractivity contribution in [3.63, 3.8) is 0 Å². The summed E-state index contributed by atoms with van der Waals surface area (Å²) in [6.45, 7) is 0.180. The van der Waals surface area contributed by atoms with Crippen molar-refractivity contribution >= 4 is 27.5 Å². The number of furan rings is 1. The lowest BCUT2D eigenvalue weighted by atomic mass is 9.97. The summed E-state index contributed by atoms with van der Waals surface area (Å²) >= 11 is 1.61. The summed E-state index contributed by atoms with van der Waals surface area (Å²) in [6.07, 6.45) is 5.73. The minimum absolute atomic E-state index is 0.0809. The average molecular weight is 330 g/mol. The minimum atomic E-state index is -1.12. The van der Waals surface area contributed by atoms with Crippen molar-refractivity contribution in [3.05, 3.63) is 50.8 Å². The monoisotopic (exact) mass is 330 g/mol. The molecule has 0 atom stereocenters. The summed E-state index contributed by atoms with van der Waals surface area (Å²) in [6, 6.07) is 2.96. The van der Waals surface area contributed by atoms with Crippen LogP contribution in [0.15, 0.2) is 27.7 Å². The number of fused-ring (bicyclic) bond motifs is 3. The first-order valence-electron chi connectivity index (χ1n) is 7.45. The van der Waals surface area contributed by atoms with E-state index >= 15 is 0 Å². The maximum atomic E-state index is 12.8. The van der Waals surface area contributed by atoms with Crippen LogP contribution in [-0.2, 0) is 19.4 Å². The maximum absolute atomic E-state index is 12.8. The first-order chi connectivity index (χ1) is 11.1. The Balaban J connectivity index is 1.76. The highest BCUT2D eigenvalue weighted by atomic mass is 32.1. The molecular formula is C16H14N2O4S. The molecule has 3 heterocycles. The van der Waals surface area contributed by atoms with Crippen molar-refractivity contribution in [2.24, 2.45) is 0 Å². The molecule has 0 spiro atoms. The van der Waals surface area contributed by atoms with Crippen LogP contribution in [0, 0.1) is 0 Å². The summed E-state index contributed by atoms with van der Waals surface area (Å²) < 4.78 is 6.71. The Morgan fingerprint density at radius 2 is 2.17 bits per heavy atom. The standard InChI is InChI=1S/C16H14N2O4S/c19-15-13-10-3-1-2-4-12(10)23-14(13)17-8-18(15)7-9-5-6-11(22-9)16(20)21/h5-6,8H,1-4,7H2,(H,20,21). The fourth-order valence-electron chi connectivity index (χ4n) is 3.04. The largest absolute Gasteiger partial charge is 0.475 e. The number of thiophene rings is 1. The normalized spacial score (nSPS) is 14.1. The Morgan fingerprint density at radius 3 is 2.96 bits per heavy atom. The number of carboxylic acid groups (broad SMARTS) is 1. The zero-order valence-electron chi connectivity index (χ0n) is 12.2. The molecule has 1 N–H and O–H groups in total. The summed E-state index contributed by atoms with van der Waals surface area (Å²) in [5.74, 6) is -0.825. The number of aromatic nitrogens is 2. The third-order valence-corrected chi connectivity index (χ3v) is 5.34. The molecule has 0 saturated carbocycles. The zero-order chi connectivity index (χ0) is 16.0. The zero-order valence-corrected chi connectivity index (χ0v) is 13.1. The highest BCUT2D eigenvalue weighted by Gasteiger charge is 2.20. The van der Waals surface area contributed by atoms with Gasteiger partial charge in [0.25, 0.3) is 5.56 Å². The molecule has 3 aromatic rings. The predicted octanol–water partition coefficient (Wildman–Crippen LogP) is 2.68. The van der Waals surface area contributed by atoms with Crippen LogP contribution < -0.4 is 5.56 Å². The van der Waals surface area contributed by atoms with E-state index in [2.05, 4.69) is 4.98 Å². The third-order valence-electron chi connectivity index (χ3n) is 4.14. The Bertz CT molecular complexity index is 966. The molecule has 0 bridgehead atoms. The molecule has 23 heavy (non-hydrogen) atoms. The van der Waals surface area contributed by atoms with Gasteiger partial charge in [-0.3, -0.25) is 9.36 Å². The van der Waals surface area contributed by atoms with Gasteiger partial charge in [-0.1, -0.05) is 0 Å². The average Bonchev–Trinajstić information content (AvgIpc) is 3.14. The molecule has 0 unspecified atom stereocenters.